The number of thioether (sulfide) groups is 1. The van der Waals surface area contributed by atoms with E-state index < -0.39 is 5.25 Å². The molecule has 1 aliphatic heterocycles. The van der Waals surface area contributed by atoms with Crippen LogP contribution in [0.3, 0.4) is 0 Å². The third-order valence-electron chi connectivity index (χ3n) is 4.33. The number of carbonyl (C=O) groups is 3. The fourth-order valence-electron chi connectivity index (χ4n) is 2.94. The van der Waals surface area contributed by atoms with Gasteiger partial charge in [-0.1, -0.05) is 15.9 Å². The van der Waals surface area contributed by atoms with Crippen molar-refractivity contribution in [1.82, 2.24) is 0 Å². The van der Waals surface area contributed by atoms with Gasteiger partial charge in [0.25, 0.3) is 5.91 Å². The van der Waals surface area contributed by atoms with Crippen LogP contribution in [0.1, 0.15) is 17.0 Å². The Labute approximate surface area is 179 Å². The van der Waals surface area contributed by atoms with Crippen molar-refractivity contribution in [2.45, 2.75) is 16.6 Å². The van der Waals surface area contributed by atoms with Crippen molar-refractivity contribution in [2.75, 3.05) is 10.2 Å². The molecule has 29 heavy (non-hydrogen) atoms. The van der Waals surface area contributed by atoms with E-state index in [1.807, 2.05) is 12.1 Å². The van der Waals surface area contributed by atoms with Crippen LogP contribution < -0.4 is 10.2 Å². The Hall–Kier alpha value is -2.84. The molecule has 2 heterocycles. The summed E-state index contributed by atoms with van der Waals surface area (Å²) in [4.78, 5) is 39.2. The molecule has 1 atom stereocenters. The first-order chi connectivity index (χ1) is 14.0. The average Bonchev–Trinajstić information content (AvgIpc) is 3.34. The number of carbonyl (C=O) groups excluding carboxylic acids is 3. The fraction of sp³-hybridized carbons (Fsp3) is 0.0952. The maximum atomic E-state index is 12.8. The second-order valence-electron chi connectivity index (χ2n) is 6.31. The normalized spacial score (nSPS) is 16.3. The van der Waals surface area contributed by atoms with Gasteiger partial charge in [-0.25, -0.2) is 4.90 Å². The molecule has 3 aromatic rings. The molecule has 4 rings (SSSR count). The topological polar surface area (TPSA) is 79.6 Å². The van der Waals surface area contributed by atoms with E-state index in [4.69, 9.17) is 4.42 Å². The van der Waals surface area contributed by atoms with E-state index in [0.29, 0.717) is 11.4 Å². The Morgan fingerprint density at radius 3 is 2.45 bits per heavy atom. The Bertz CT molecular complexity index is 1050. The van der Waals surface area contributed by atoms with Crippen LogP contribution in [0.5, 0.6) is 0 Å². The van der Waals surface area contributed by atoms with Crippen LogP contribution in [0.2, 0.25) is 0 Å². The molecule has 1 fully saturated rings. The van der Waals surface area contributed by atoms with Crippen LogP contribution in [-0.4, -0.2) is 23.0 Å². The summed E-state index contributed by atoms with van der Waals surface area (Å²) in [6, 6.07) is 17.4. The number of hydrogen-bond acceptors (Lipinski definition) is 5. The van der Waals surface area contributed by atoms with Crippen LogP contribution in [0, 0.1) is 0 Å². The standard InChI is InChI=1S/C21H15BrN2O4S/c22-13-3-7-15(8-4-13)24-19(25)12-18(21(24)27)29-16-9-5-14(6-10-16)23-20(26)17-2-1-11-28-17/h1-11,18H,12H2,(H,23,26). The minimum Gasteiger partial charge on any atom is -0.459 e. The zero-order valence-electron chi connectivity index (χ0n) is 15.0. The number of halogens is 1. The summed E-state index contributed by atoms with van der Waals surface area (Å²) >= 11 is 4.69. The third kappa shape index (κ3) is 4.28. The zero-order chi connectivity index (χ0) is 20.4. The minimum absolute atomic E-state index is 0.149. The number of rotatable bonds is 5. The molecule has 1 aromatic heterocycles. The molecule has 0 radical (unpaired) electrons. The number of nitrogens with zero attached hydrogens (tertiary/aromatic N) is 1. The number of hydrogen-bond donors (Lipinski definition) is 1. The van der Waals surface area contributed by atoms with Crippen molar-refractivity contribution in [3.05, 3.63) is 77.2 Å². The van der Waals surface area contributed by atoms with E-state index in [2.05, 4.69) is 21.2 Å². The van der Waals surface area contributed by atoms with Gasteiger partial charge in [0.1, 0.15) is 0 Å². The summed E-state index contributed by atoms with van der Waals surface area (Å²) in [5, 5.41) is 2.26. The second-order valence-corrected chi connectivity index (χ2v) is 8.50. The van der Waals surface area contributed by atoms with E-state index in [0.717, 1.165) is 9.37 Å². The lowest BCUT2D eigenvalue weighted by Crippen LogP contribution is -2.31. The minimum atomic E-state index is -0.477. The molecule has 1 N–H and O–H groups in total. The highest BCUT2D eigenvalue weighted by Gasteiger charge is 2.40. The summed E-state index contributed by atoms with van der Waals surface area (Å²) in [5.41, 5.74) is 1.18. The molecule has 146 valence electrons. The number of nitrogens with one attached hydrogen (secondary N) is 1. The molecule has 2 aromatic carbocycles. The Balaban J connectivity index is 1.41. The van der Waals surface area contributed by atoms with Gasteiger partial charge in [0, 0.05) is 21.5 Å². The molecule has 1 unspecified atom stereocenters. The predicted octanol–water partition coefficient (Wildman–Crippen LogP) is 4.72. The Morgan fingerprint density at radius 2 is 1.79 bits per heavy atom. The highest BCUT2D eigenvalue weighted by molar-refractivity contribution is 9.10. The molecule has 6 nitrogen and oxygen atoms in total. The van der Waals surface area contributed by atoms with Crippen molar-refractivity contribution in [3.8, 4) is 0 Å². The SMILES string of the molecule is O=C(Nc1ccc(SC2CC(=O)N(c3ccc(Br)cc3)C2=O)cc1)c1ccco1. The van der Waals surface area contributed by atoms with Crippen molar-refractivity contribution in [3.63, 3.8) is 0 Å². The van der Waals surface area contributed by atoms with Crippen LogP contribution >= 0.6 is 27.7 Å². The van der Waals surface area contributed by atoms with Crippen molar-refractivity contribution < 1.29 is 18.8 Å². The maximum Gasteiger partial charge on any atom is 0.291 e. The molecular formula is C21H15BrN2O4S. The molecule has 0 spiro atoms. The summed E-state index contributed by atoms with van der Waals surface area (Å²) in [5.74, 6) is -0.543. The smallest absolute Gasteiger partial charge is 0.291 e. The highest BCUT2D eigenvalue weighted by atomic mass is 79.9. The molecular weight excluding hydrogens is 456 g/mol. The van der Waals surface area contributed by atoms with Crippen molar-refractivity contribution >= 4 is 56.8 Å². The van der Waals surface area contributed by atoms with Gasteiger partial charge < -0.3 is 9.73 Å². The highest BCUT2D eigenvalue weighted by Crippen LogP contribution is 2.34. The summed E-state index contributed by atoms with van der Waals surface area (Å²) in [7, 11) is 0. The molecule has 0 bridgehead atoms. The van der Waals surface area contributed by atoms with Crippen molar-refractivity contribution in [2.24, 2.45) is 0 Å². The maximum absolute atomic E-state index is 12.8. The monoisotopic (exact) mass is 470 g/mol. The Kier molecular flexibility index (Phi) is 5.55. The van der Waals surface area contributed by atoms with E-state index in [-0.39, 0.29) is 29.9 Å². The molecule has 0 saturated carbocycles. The number of anilines is 2. The second kappa shape index (κ2) is 8.26. The molecule has 1 saturated heterocycles. The van der Waals surface area contributed by atoms with Crippen LogP contribution in [0.4, 0.5) is 11.4 Å². The lowest BCUT2D eigenvalue weighted by molar-refractivity contribution is -0.121. The zero-order valence-corrected chi connectivity index (χ0v) is 17.4. The first-order valence-corrected chi connectivity index (χ1v) is 10.4. The number of amides is 3. The van der Waals surface area contributed by atoms with Crippen LogP contribution in [0.15, 0.2) is 80.7 Å². The van der Waals surface area contributed by atoms with E-state index in [1.54, 1.807) is 48.5 Å². The van der Waals surface area contributed by atoms with E-state index >= 15 is 0 Å². The van der Waals surface area contributed by atoms with Gasteiger partial charge in [-0.05, 0) is 60.7 Å². The number of furan rings is 1. The lowest BCUT2D eigenvalue weighted by atomic mass is 10.3. The molecule has 0 aliphatic carbocycles. The predicted molar refractivity (Wildman–Crippen MR) is 114 cm³/mol. The fourth-order valence-corrected chi connectivity index (χ4v) is 4.26. The lowest BCUT2D eigenvalue weighted by Gasteiger charge is -2.15. The van der Waals surface area contributed by atoms with Crippen LogP contribution in [0.25, 0.3) is 0 Å². The third-order valence-corrected chi connectivity index (χ3v) is 6.05. The van der Waals surface area contributed by atoms with Gasteiger partial charge in [0.2, 0.25) is 11.8 Å². The summed E-state index contributed by atoms with van der Waals surface area (Å²) in [6.07, 6.45) is 1.59. The Morgan fingerprint density at radius 1 is 1.07 bits per heavy atom. The van der Waals surface area contributed by atoms with Crippen molar-refractivity contribution in [1.29, 1.82) is 0 Å². The summed E-state index contributed by atoms with van der Waals surface area (Å²) in [6.45, 7) is 0. The van der Waals surface area contributed by atoms with Gasteiger partial charge in [-0.15, -0.1) is 11.8 Å². The van der Waals surface area contributed by atoms with Gasteiger partial charge in [-0.3, -0.25) is 14.4 Å². The molecule has 1 aliphatic rings. The van der Waals surface area contributed by atoms with E-state index in [9.17, 15) is 14.4 Å². The van der Waals surface area contributed by atoms with Gasteiger partial charge in [0.15, 0.2) is 5.76 Å². The van der Waals surface area contributed by atoms with E-state index in [1.165, 1.54) is 22.9 Å². The average molecular weight is 471 g/mol. The van der Waals surface area contributed by atoms with Gasteiger partial charge in [0.05, 0.1) is 17.2 Å². The first-order valence-electron chi connectivity index (χ1n) is 8.75. The quantitative estimate of drug-likeness (QED) is 0.545. The number of imide groups is 1. The van der Waals surface area contributed by atoms with Gasteiger partial charge in [-0.2, -0.15) is 0 Å². The molecule has 8 heteroatoms. The van der Waals surface area contributed by atoms with Crippen LogP contribution in [-0.2, 0) is 9.59 Å². The number of benzene rings is 2. The van der Waals surface area contributed by atoms with Gasteiger partial charge >= 0.3 is 0 Å². The summed E-state index contributed by atoms with van der Waals surface area (Å²) < 4.78 is 5.94. The largest absolute Gasteiger partial charge is 0.459 e. The first kappa shape index (κ1) is 19.5. The molecule has 3 amide bonds.